The zero-order valence-electron chi connectivity index (χ0n) is 15.0. The maximum absolute atomic E-state index is 6.05. The maximum atomic E-state index is 6.05. The Kier molecular flexibility index (Phi) is 5.01. The van der Waals surface area contributed by atoms with Crippen LogP contribution in [0, 0.1) is 6.92 Å². The van der Waals surface area contributed by atoms with Gasteiger partial charge in [0.05, 0.1) is 5.75 Å². The highest BCUT2D eigenvalue weighted by molar-refractivity contribution is 7.98. The summed E-state index contributed by atoms with van der Waals surface area (Å²) in [5.41, 5.74) is 3.19. The zero-order valence-corrected chi connectivity index (χ0v) is 16.6. The van der Waals surface area contributed by atoms with Crippen molar-refractivity contribution in [2.24, 2.45) is 7.05 Å². The molecule has 27 heavy (non-hydrogen) atoms. The van der Waals surface area contributed by atoms with E-state index in [2.05, 4.69) is 44.9 Å². The summed E-state index contributed by atoms with van der Waals surface area (Å²) in [5, 5.41) is 10.4. The molecule has 136 valence electrons. The maximum Gasteiger partial charge on any atom is 0.196 e. The van der Waals surface area contributed by atoms with Crippen LogP contribution in [-0.2, 0) is 12.8 Å². The van der Waals surface area contributed by atoms with Gasteiger partial charge in [0.25, 0.3) is 0 Å². The number of hydrogen-bond donors (Lipinski definition) is 0. The molecule has 0 radical (unpaired) electrons. The second-order valence-electron chi connectivity index (χ2n) is 6.23. The average Bonchev–Trinajstić information content (AvgIpc) is 3.26. The van der Waals surface area contributed by atoms with Crippen LogP contribution in [0.15, 0.2) is 66.1 Å². The number of rotatable bonds is 5. The molecule has 0 spiro atoms. The molecule has 0 atom stereocenters. The minimum Gasteiger partial charge on any atom is -0.337 e. The standard InChI is InChI=1S/C20H18ClN5S/c1-14-4-3-5-17(12-14)26-19(15-6-8-16(21)9-7-15)23-24-20(26)27-13-18-22-10-11-25(18)2/h3-12H,13H2,1-2H3. The minimum atomic E-state index is 0.699. The molecule has 0 aliphatic heterocycles. The lowest BCUT2D eigenvalue weighted by Crippen LogP contribution is -2.01. The zero-order chi connectivity index (χ0) is 18.8. The fourth-order valence-electron chi connectivity index (χ4n) is 2.81. The van der Waals surface area contributed by atoms with Crippen molar-refractivity contribution in [1.29, 1.82) is 0 Å². The molecule has 0 saturated carbocycles. The Balaban J connectivity index is 1.77. The van der Waals surface area contributed by atoms with E-state index in [1.54, 1.807) is 18.0 Å². The van der Waals surface area contributed by atoms with Gasteiger partial charge < -0.3 is 4.57 Å². The number of benzene rings is 2. The van der Waals surface area contributed by atoms with Crippen LogP contribution in [0.4, 0.5) is 0 Å². The molecular formula is C20H18ClN5S. The predicted octanol–water partition coefficient (Wildman–Crippen LogP) is 4.92. The van der Waals surface area contributed by atoms with Gasteiger partial charge in [-0.15, -0.1) is 10.2 Å². The summed E-state index contributed by atoms with van der Waals surface area (Å²) in [6, 6.07) is 16.0. The number of hydrogen-bond acceptors (Lipinski definition) is 4. The van der Waals surface area contributed by atoms with E-state index in [9.17, 15) is 0 Å². The summed E-state index contributed by atoms with van der Waals surface area (Å²) in [6.45, 7) is 2.08. The molecule has 2 aromatic heterocycles. The van der Waals surface area contributed by atoms with Gasteiger partial charge >= 0.3 is 0 Å². The van der Waals surface area contributed by atoms with Gasteiger partial charge in [-0.1, -0.05) is 35.5 Å². The second kappa shape index (κ2) is 7.58. The van der Waals surface area contributed by atoms with Crippen LogP contribution in [0.2, 0.25) is 5.02 Å². The molecule has 2 aromatic carbocycles. The summed E-state index contributed by atoms with van der Waals surface area (Å²) in [5.74, 6) is 2.50. The van der Waals surface area contributed by atoms with E-state index in [1.165, 1.54) is 5.56 Å². The first kappa shape index (κ1) is 17.8. The fourth-order valence-corrected chi connectivity index (χ4v) is 3.90. The summed E-state index contributed by atoms with van der Waals surface area (Å²) in [6.07, 6.45) is 3.75. The Morgan fingerprint density at radius 2 is 1.89 bits per heavy atom. The lowest BCUT2D eigenvalue weighted by molar-refractivity contribution is 0.841. The molecule has 0 N–H and O–H groups in total. The number of aromatic nitrogens is 5. The number of halogens is 1. The molecule has 4 aromatic rings. The number of thioether (sulfide) groups is 1. The molecule has 0 unspecified atom stereocenters. The number of nitrogens with zero attached hydrogens (tertiary/aromatic N) is 5. The van der Waals surface area contributed by atoms with E-state index in [0.29, 0.717) is 10.8 Å². The third-order valence-corrected chi connectivity index (χ3v) is 5.42. The molecular weight excluding hydrogens is 378 g/mol. The van der Waals surface area contributed by atoms with E-state index in [0.717, 1.165) is 28.1 Å². The Morgan fingerprint density at radius 3 is 2.59 bits per heavy atom. The first-order valence-electron chi connectivity index (χ1n) is 8.49. The second-order valence-corrected chi connectivity index (χ2v) is 7.61. The Bertz CT molecular complexity index is 1070. The van der Waals surface area contributed by atoms with Crippen LogP contribution >= 0.6 is 23.4 Å². The van der Waals surface area contributed by atoms with Crippen molar-refractivity contribution in [3.63, 3.8) is 0 Å². The highest BCUT2D eigenvalue weighted by Crippen LogP contribution is 2.30. The monoisotopic (exact) mass is 395 g/mol. The van der Waals surface area contributed by atoms with Gasteiger partial charge in [0.15, 0.2) is 11.0 Å². The fraction of sp³-hybridized carbons (Fsp3) is 0.150. The first-order chi connectivity index (χ1) is 13.1. The van der Waals surface area contributed by atoms with Crippen molar-refractivity contribution in [2.75, 3.05) is 0 Å². The van der Waals surface area contributed by atoms with Crippen LogP contribution in [0.25, 0.3) is 17.1 Å². The molecule has 7 heteroatoms. The highest BCUT2D eigenvalue weighted by atomic mass is 35.5. The number of aryl methyl sites for hydroxylation is 2. The van der Waals surface area contributed by atoms with Crippen molar-refractivity contribution in [3.05, 3.63) is 77.3 Å². The normalized spacial score (nSPS) is 11.1. The van der Waals surface area contributed by atoms with Crippen molar-refractivity contribution < 1.29 is 0 Å². The van der Waals surface area contributed by atoms with Crippen molar-refractivity contribution in [3.8, 4) is 17.1 Å². The van der Waals surface area contributed by atoms with Crippen molar-refractivity contribution in [1.82, 2.24) is 24.3 Å². The van der Waals surface area contributed by atoms with Gasteiger partial charge in [-0.25, -0.2) is 4.98 Å². The van der Waals surface area contributed by atoms with E-state index < -0.39 is 0 Å². The van der Waals surface area contributed by atoms with Gasteiger partial charge in [-0.2, -0.15) is 0 Å². The topological polar surface area (TPSA) is 48.5 Å². The highest BCUT2D eigenvalue weighted by Gasteiger charge is 2.17. The quantitative estimate of drug-likeness (QED) is 0.450. The van der Waals surface area contributed by atoms with Gasteiger partial charge in [-0.05, 0) is 48.9 Å². The van der Waals surface area contributed by atoms with Crippen LogP contribution in [-0.4, -0.2) is 24.3 Å². The summed E-state index contributed by atoms with van der Waals surface area (Å²) >= 11 is 7.67. The summed E-state index contributed by atoms with van der Waals surface area (Å²) in [7, 11) is 1.99. The lowest BCUT2D eigenvalue weighted by Gasteiger charge is -2.11. The SMILES string of the molecule is Cc1cccc(-n2c(SCc3nccn3C)nnc2-c2ccc(Cl)cc2)c1. The van der Waals surface area contributed by atoms with E-state index in [1.807, 2.05) is 48.1 Å². The predicted molar refractivity (Wildman–Crippen MR) is 109 cm³/mol. The van der Waals surface area contributed by atoms with Gasteiger partial charge in [0.1, 0.15) is 5.82 Å². The smallest absolute Gasteiger partial charge is 0.196 e. The van der Waals surface area contributed by atoms with E-state index >= 15 is 0 Å². The third-order valence-electron chi connectivity index (χ3n) is 4.25. The Hall–Kier alpha value is -2.57. The van der Waals surface area contributed by atoms with Crippen LogP contribution in [0.3, 0.4) is 0 Å². The molecule has 0 amide bonds. The molecule has 0 bridgehead atoms. The van der Waals surface area contributed by atoms with Crippen molar-refractivity contribution >= 4 is 23.4 Å². The molecule has 0 aliphatic rings. The Labute approximate surface area is 167 Å². The van der Waals surface area contributed by atoms with E-state index in [4.69, 9.17) is 11.6 Å². The molecule has 5 nitrogen and oxygen atoms in total. The van der Waals surface area contributed by atoms with Crippen LogP contribution in [0.1, 0.15) is 11.4 Å². The first-order valence-corrected chi connectivity index (χ1v) is 9.85. The van der Waals surface area contributed by atoms with Crippen LogP contribution in [0.5, 0.6) is 0 Å². The summed E-state index contributed by atoms with van der Waals surface area (Å²) < 4.78 is 4.10. The number of imidazole rings is 1. The summed E-state index contributed by atoms with van der Waals surface area (Å²) in [4.78, 5) is 4.39. The minimum absolute atomic E-state index is 0.699. The van der Waals surface area contributed by atoms with Gasteiger partial charge in [0, 0.05) is 35.7 Å². The molecule has 4 rings (SSSR count). The van der Waals surface area contributed by atoms with Crippen LogP contribution < -0.4 is 0 Å². The molecule has 2 heterocycles. The lowest BCUT2D eigenvalue weighted by atomic mass is 10.2. The van der Waals surface area contributed by atoms with Gasteiger partial charge in [0.2, 0.25) is 0 Å². The Morgan fingerprint density at radius 1 is 1.07 bits per heavy atom. The van der Waals surface area contributed by atoms with Gasteiger partial charge in [-0.3, -0.25) is 4.57 Å². The van der Waals surface area contributed by atoms with Crippen molar-refractivity contribution in [2.45, 2.75) is 17.8 Å². The van der Waals surface area contributed by atoms with E-state index in [-0.39, 0.29) is 0 Å². The molecule has 0 fully saturated rings. The largest absolute Gasteiger partial charge is 0.337 e. The third kappa shape index (κ3) is 3.77. The molecule has 0 saturated heterocycles. The molecule has 0 aliphatic carbocycles. The average molecular weight is 396 g/mol.